The topological polar surface area (TPSA) is 138 Å². The van der Waals surface area contributed by atoms with E-state index in [4.69, 9.17) is 9.15 Å². The molecule has 1 amide bonds. The van der Waals surface area contributed by atoms with Gasteiger partial charge in [-0.3, -0.25) is 9.59 Å². The molecular weight excluding hydrogens is 474 g/mol. The molecule has 9 nitrogen and oxygen atoms in total. The molecule has 4 aromatic rings. The van der Waals surface area contributed by atoms with E-state index in [1.54, 1.807) is 19.1 Å². The highest BCUT2D eigenvalue weighted by Gasteiger charge is 2.26. The first-order valence-corrected chi connectivity index (χ1v) is 12.3. The molecule has 0 bridgehead atoms. The lowest BCUT2D eigenvalue weighted by molar-refractivity contribution is -0.121. The van der Waals surface area contributed by atoms with Crippen molar-refractivity contribution >= 4 is 16.9 Å². The highest BCUT2D eigenvalue weighted by atomic mass is 16.5. The van der Waals surface area contributed by atoms with Gasteiger partial charge < -0.3 is 29.7 Å². The summed E-state index contributed by atoms with van der Waals surface area (Å²) in [7, 11) is 1.42. The molecule has 2 aromatic heterocycles. The summed E-state index contributed by atoms with van der Waals surface area (Å²) in [5.41, 5.74) is 1.96. The number of aromatic hydroxyl groups is 2. The zero-order valence-electron chi connectivity index (χ0n) is 20.9. The number of phenolic OH excluding ortho intramolecular Hbond substituents is 1. The number of H-pyrrole nitrogens is 1. The van der Waals surface area contributed by atoms with Gasteiger partial charge in [-0.2, -0.15) is 0 Å². The first-order chi connectivity index (χ1) is 17.9. The van der Waals surface area contributed by atoms with E-state index in [-0.39, 0.29) is 29.6 Å². The molecule has 9 heteroatoms. The number of nitrogens with zero attached hydrogens (tertiary/aromatic N) is 1. The number of aryl methyl sites for hydroxylation is 2. The lowest BCUT2D eigenvalue weighted by Crippen LogP contribution is -2.26. The third kappa shape index (κ3) is 6.30. The largest absolute Gasteiger partial charge is 0.504 e. The average molecular weight is 506 g/mol. The number of unbranched alkanes of at least 4 members (excludes halogenated alkanes) is 2. The number of hydrogen-bond donors (Lipinski definition) is 4. The van der Waals surface area contributed by atoms with Crippen molar-refractivity contribution in [1.82, 2.24) is 15.3 Å². The van der Waals surface area contributed by atoms with Crippen LogP contribution in [0.2, 0.25) is 0 Å². The maximum atomic E-state index is 12.8. The SMILES string of the molecule is COc1cc([C@@H](CC(=O)NCCCCCc2nc3ccccc3[nH]2)c2oc(C)cc(=O)c2O)ccc1O. The Labute approximate surface area is 214 Å². The number of carbonyl (C=O) groups excluding carboxylic acids is 1. The molecule has 0 unspecified atom stereocenters. The second-order valence-electron chi connectivity index (χ2n) is 8.98. The van der Waals surface area contributed by atoms with Crippen LogP contribution in [0.3, 0.4) is 0 Å². The average Bonchev–Trinajstić information content (AvgIpc) is 3.30. The summed E-state index contributed by atoms with van der Waals surface area (Å²) in [5, 5.41) is 23.3. The van der Waals surface area contributed by atoms with E-state index in [9.17, 15) is 19.8 Å². The van der Waals surface area contributed by atoms with E-state index in [0.717, 1.165) is 42.5 Å². The Kier molecular flexibility index (Phi) is 8.12. The number of rotatable bonds is 11. The van der Waals surface area contributed by atoms with Gasteiger partial charge in [-0.05, 0) is 49.6 Å². The van der Waals surface area contributed by atoms with Crippen LogP contribution >= 0.6 is 0 Å². The first-order valence-electron chi connectivity index (χ1n) is 12.3. The summed E-state index contributed by atoms with van der Waals surface area (Å²) in [4.78, 5) is 33.0. The van der Waals surface area contributed by atoms with Gasteiger partial charge in [0.25, 0.3) is 0 Å². The molecule has 0 saturated carbocycles. The molecule has 4 N–H and O–H groups in total. The van der Waals surface area contributed by atoms with E-state index >= 15 is 0 Å². The Morgan fingerprint density at radius 2 is 1.95 bits per heavy atom. The summed E-state index contributed by atoms with van der Waals surface area (Å²) < 4.78 is 10.9. The molecule has 37 heavy (non-hydrogen) atoms. The molecule has 4 rings (SSSR count). The Balaban J connectivity index is 1.36. The van der Waals surface area contributed by atoms with Crippen molar-refractivity contribution in [3.63, 3.8) is 0 Å². The number of phenols is 1. The van der Waals surface area contributed by atoms with Gasteiger partial charge in [0.15, 0.2) is 17.3 Å². The quantitative estimate of drug-likeness (QED) is 0.223. The van der Waals surface area contributed by atoms with Crippen LogP contribution in [0.15, 0.2) is 57.7 Å². The minimum atomic E-state index is -0.754. The van der Waals surface area contributed by atoms with Gasteiger partial charge in [0, 0.05) is 25.5 Å². The van der Waals surface area contributed by atoms with Gasteiger partial charge in [-0.15, -0.1) is 0 Å². The summed E-state index contributed by atoms with van der Waals surface area (Å²) in [6.07, 6.45) is 3.43. The number of aromatic amines is 1. The fourth-order valence-electron chi connectivity index (χ4n) is 4.34. The zero-order valence-corrected chi connectivity index (χ0v) is 20.9. The summed E-state index contributed by atoms with van der Waals surface area (Å²) in [6.45, 7) is 2.10. The smallest absolute Gasteiger partial charge is 0.227 e. The van der Waals surface area contributed by atoms with Gasteiger partial charge in [0.05, 0.1) is 24.1 Å². The highest BCUT2D eigenvalue weighted by Crippen LogP contribution is 2.37. The minimum absolute atomic E-state index is 0.00118. The van der Waals surface area contributed by atoms with Gasteiger partial charge in [-0.25, -0.2) is 4.98 Å². The van der Waals surface area contributed by atoms with Gasteiger partial charge in [0.1, 0.15) is 11.6 Å². The molecule has 2 heterocycles. The molecule has 0 saturated heterocycles. The molecule has 0 fully saturated rings. The summed E-state index contributed by atoms with van der Waals surface area (Å²) in [6, 6.07) is 13.7. The van der Waals surface area contributed by atoms with Crippen LogP contribution in [0.25, 0.3) is 11.0 Å². The Morgan fingerprint density at radius 3 is 2.73 bits per heavy atom. The fourth-order valence-corrected chi connectivity index (χ4v) is 4.34. The van der Waals surface area contributed by atoms with Gasteiger partial charge >= 0.3 is 0 Å². The standard InChI is InChI=1S/C28H31N3O6/c1-17-14-23(33)27(35)28(37-17)19(18-11-12-22(32)24(15-18)36-2)16-26(34)29-13-7-3-4-10-25-30-20-8-5-6-9-21(20)31-25/h5-6,8-9,11-12,14-15,19,32,35H,3-4,7,10,13,16H2,1-2H3,(H,29,34)(H,30,31)/t19-/m1/s1. The number of para-hydroxylation sites is 2. The van der Waals surface area contributed by atoms with Crippen LogP contribution in [-0.4, -0.2) is 39.7 Å². The summed E-state index contributed by atoms with van der Waals surface area (Å²) in [5.74, 6) is -0.128. The fraction of sp³-hybridized carbons (Fsp3) is 0.321. The Morgan fingerprint density at radius 1 is 1.14 bits per heavy atom. The molecule has 0 spiro atoms. The van der Waals surface area contributed by atoms with E-state index < -0.39 is 17.1 Å². The van der Waals surface area contributed by atoms with Crippen molar-refractivity contribution in [3.8, 4) is 17.2 Å². The van der Waals surface area contributed by atoms with Crippen LogP contribution in [0.1, 0.15) is 54.5 Å². The van der Waals surface area contributed by atoms with Crippen LogP contribution in [0.5, 0.6) is 17.2 Å². The predicted octanol–water partition coefficient (Wildman–Crippen LogP) is 4.30. The van der Waals surface area contributed by atoms with Crippen molar-refractivity contribution in [2.24, 2.45) is 0 Å². The summed E-state index contributed by atoms with van der Waals surface area (Å²) >= 11 is 0. The lowest BCUT2D eigenvalue weighted by atomic mass is 9.91. The number of carbonyl (C=O) groups is 1. The number of amides is 1. The number of ether oxygens (including phenoxy) is 1. The van der Waals surface area contributed by atoms with Crippen molar-refractivity contribution in [2.75, 3.05) is 13.7 Å². The number of benzene rings is 2. The number of imidazole rings is 1. The molecular formula is C28H31N3O6. The number of aromatic nitrogens is 2. The normalized spacial score (nSPS) is 11.9. The van der Waals surface area contributed by atoms with Gasteiger partial charge in [-0.1, -0.05) is 24.6 Å². The number of fused-ring (bicyclic) bond motifs is 1. The van der Waals surface area contributed by atoms with Crippen LogP contribution in [0, 0.1) is 6.92 Å². The maximum absolute atomic E-state index is 12.8. The van der Waals surface area contributed by atoms with Crippen molar-refractivity contribution in [3.05, 3.63) is 81.7 Å². The third-order valence-electron chi connectivity index (χ3n) is 6.24. The minimum Gasteiger partial charge on any atom is -0.504 e. The van der Waals surface area contributed by atoms with Crippen LogP contribution in [0.4, 0.5) is 0 Å². The molecule has 0 aliphatic heterocycles. The lowest BCUT2D eigenvalue weighted by Gasteiger charge is -2.19. The van der Waals surface area contributed by atoms with E-state index in [0.29, 0.717) is 17.9 Å². The third-order valence-corrected chi connectivity index (χ3v) is 6.24. The van der Waals surface area contributed by atoms with Crippen molar-refractivity contribution < 1.29 is 24.2 Å². The first kappa shape index (κ1) is 25.8. The predicted molar refractivity (Wildman–Crippen MR) is 139 cm³/mol. The van der Waals surface area contributed by atoms with Crippen molar-refractivity contribution in [2.45, 2.75) is 44.9 Å². The Hall–Kier alpha value is -4.27. The number of hydrogen-bond acceptors (Lipinski definition) is 7. The second-order valence-corrected chi connectivity index (χ2v) is 8.98. The molecule has 194 valence electrons. The molecule has 2 aromatic carbocycles. The molecule has 0 radical (unpaired) electrons. The molecule has 0 aliphatic carbocycles. The van der Waals surface area contributed by atoms with Crippen LogP contribution in [-0.2, 0) is 11.2 Å². The molecule has 1 atom stereocenters. The maximum Gasteiger partial charge on any atom is 0.227 e. The van der Waals surface area contributed by atoms with Crippen molar-refractivity contribution in [1.29, 1.82) is 0 Å². The van der Waals surface area contributed by atoms with E-state index in [2.05, 4.69) is 15.3 Å². The number of methoxy groups -OCH3 is 1. The van der Waals surface area contributed by atoms with Crippen LogP contribution < -0.4 is 15.5 Å². The Bertz CT molecular complexity index is 1410. The zero-order chi connectivity index (χ0) is 26.4. The van der Waals surface area contributed by atoms with E-state index in [1.807, 2.05) is 24.3 Å². The number of nitrogens with one attached hydrogen (secondary N) is 2. The highest BCUT2D eigenvalue weighted by molar-refractivity contribution is 5.77. The van der Waals surface area contributed by atoms with Gasteiger partial charge in [0.2, 0.25) is 17.1 Å². The monoisotopic (exact) mass is 505 g/mol. The van der Waals surface area contributed by atoms with E-state index in [1.165, 1.54) is 19.2 Å². The molecule has 0 aliphatic rings. The second kappa shape index (κ2) is 11.6.